The van der Waals surface area contributed by atoms with Gasteiger partial charge in [0.25, 0.3) is 5.69 Å². The fourth-order valence-electron chi connectivity index (χ4n) is 7.36. The molecule has 0 aromatic heterocycles. The average molecular weight is 666 g/mol. The molecule has 3 aliphatic rings. The summed E-state index contributed by atoms with van der Waals surface area (Å²) < 4.78 is 11.9. The summed E-state index contributed by atoms with van der Waals surface area (Å²) in [6.07, 6.45) is 2.00. The summed E-state index contributed by atoms with van der Waals surface area (Å²) >= 11 is 0. The Balaban J connectivity index is 1.51. The molecule has 11 nitrogen and oxygen atoms in total. The molecule has 0 saturated heterocycles. The van der Waals surface area contributed by atoms with Crippen LogP contribution >= 0.6 is 0 Å². The van der Waals surface area contributed by atoms with Crippen LogP contribution in [0.25, 0.3) is 0 Å². The number of rotatable bonds is 9. The standard InChI is InChI=1S/C38H39N3O8/c1-6-48-33-16-24(12-14-32(33)49-31-15-13-25(40(44)45)17-26(31)41(46)47)34-35-27(18-37(2,3)20-29(35)42)39(22-23-10-8-7-9-11-23)28-19-38(4,5)21-30(43)36(28)34/h7-17,34H,6,18-22H2,1-5H3. The van der Waals surface area contributed by atoms with Crippen molar-refractivity contribution in [2.75, 3.05) is 6.61 Å². The Bertz CT molecular complexity index is 1890. The first-order valence-corrected chi connectivity index (χ1v) is 16.4. The topological polar surface area (TPSA) is 142 Å². The summed E-state index contributed by atoms with van der Waals surface area (Å²) in [5, 5.41) is 23.1. The number of non-ortho nitro benzene ring substituents is 1. The zero-order chi connectivity index (χ0) is 35.2. The fourth-order valence-corrected chi connectivity index (χ4v) is 7.36. The van der Waals surface area contributed by atoms with Crippen LogP contribution in [0.3, 0.4) is 0 Å². The minimum Gasteiger partial charge on any atom is -0.490 e. The predicted octanol–water partition coefficient (Wildman–Crippen LogP) is 8.58. The van der Waals surface area contributed by atoms with E-state index >= 15 is 0 Å². The van der Waals surface area contributed by atoms with Gasteiger partial charge in [0.2, 0.25) is 5.75 Å². The summed E-state index contributed by atoms with van der Waals surface area (Å²) in [6.45, 7) is 10.9. The Morgan fingerprint density at radius 3 is 1.90 bits per heavy atom. The van der Waals surface area contributed by atoms with E-state index in [-0.39, 0.29) is 46.3 Å². The smallest absolute Gasteiger partial charge is 0.318 e. The Morgan fingerprint density at radius 2 is 1.35 bits per heavy atom. The highest BCUT2D eigenvalue weighted by atomic mass is 16.6. The van der Waals surface area contributed by atoms with Gasteiger partial charge in [0.15, 0.2) is 23.1 Å². The van der Waals surface area contributed by atoms with E-state index in [0.717, 1.165) is 29.1 Å². The van der Waals surface area contributed by atoms with Gasteiger partial charge in [0.05, 0.1) is 22.5 Å². The number of nitro groups is 2. The zero-order valence-electron chi connectivity index (χ0n) is 28.3. The van der Waals surface area contributed by atoms with E-state index in [0.29, 0.717) is 48.9 Å². The third kappa shape index (κ3) is 6.57. The highest BCUT2D eigenvalue weighted by Gasteiger charge is 2.49. The maximum absolute atomic E-state index is 14.2. The number of hydrogen-bond acceptors (Lipinski definition) is 9. The second-order valence-electron chi connectivity index (χ2n) is 14.5. The van der Waals surface area contributed by atoms with Crippen LogP contribution < -0.4 is 9.47 Å². The van der Waals surface area contributed by atoms with E-state index in [1.807, 2.05) is 18.2 Å². The molecule has 1 heterocycles. The first-order valence-electron chi connectivity index (χ1n) is 16.4. The number of nitro benzene ring substituents is 2. The largest absolute Gasteiger partial charge is 0.490 e. The van der Waals surface area contributed by atoms with Gasteiger partial charge in [0.1, 0.15) is 0 Å². The third-order valence-electron chi connectivity index (χ3n) is 9.38. The van der Waals surface area contributed by atoms with Gasteiger partial charge in [-0.1, -0.05) is 64.1 Å². The van der Waals surface area contributed by atoms with Gasteiger partial charge in [-0.15, -0.1) is 0 Å². The number of Topliss-reactive ketones (excluding diaryl/α,β-unsaturated/α-hetero) is 2. The van der Waals surface area contributed by atoms with E-state index in [2.05, 4.69) is 44.7 Å². The van der Waals surface area contributed by atoms with Gasteiger partial charge in [-0.3, -0.25) is 29.8 Å². The summed E-state index contributed by atoms with van der Waals surface area (Å²) in [5.74, 6) is -0.416. The Labute approximate surface area is 284 Å². The molecule has 0 N–H and O–H groups in total. The van der Waals surface area contributed by atoms with E-state index in [9.17, 15) is 29.8 Å². The maximum Gasteiger partial charge on any atom is 0.318 e. The number of ether oxygens (including phenoxy) is 2. The average Bonchev–Trinajstić information content (AvgIpc) is 3.02. The lowest BCUT2D eigenvalue weighted by atomic mass is 9.63. The van der Waals surface area contributed by atoms with Gasteiger partial charge in [-0.25, -0.2) is 0 Å². The highest BCUT2D eigenvalue weighted by molar-refractivity contribution is 6.06. The van der Waals surface area contributed by atoms with E-state index < -0.39 is 27.1 Å². The molecule has 1 aliphatic heterocycles. The van der Waals surface area contributed by atoms with Crippen LogP contribution in [-0.2, 0) is 16.1 Å². The summed E-state index contributed by atoms with van der Waals surface area (Å²) in [4.78, 5) is 52.3. The van der Waals surface area contributed by atoms with E-state index in [4.69, 9.17) is 9.47 Å². The molecule has 0 radical (unpaired) electrons. The minimum atomic E-state index is -0.741. The molecule has 3 aromatic carbocycles. The highest BCUT2D eigenvalue weighted by Crippen LogP contribution is 2.55. The number of allylic oxidation sites excluding steroid dienone is 4. The van der Waals surface area contributed by atoms with Crippen LogP contribution in [0.1, 0.15) is 77.3 Å². The van der Waals surface area contributed by atoms with Crippen molar-refractivity contribution in [3.63, 3.8) is 0 Å². The molecule has 0 saturated carbocycles. The predicted molar refractivity (Wildman–Crippen MR) is 182 cm³/mol. The Morgan fingerprint density at radius 1 is 0.755 bits per heavy atom. The number of carbonyl (C=O) groups excluding carboxylic acids is 2. The number of hydrogen-bond donors (Lipinski definition) is 0. The number of nitrogens with zero attached hydrogens (tertiary/aromatic N) is 3. The van der Waals surface area contributed by atoms with Gasteiger partial charge in [-0.05, 0) is 59.9 Å². The molecule has 0 spiro atoms. The van der Waals surface area contributed by atoms with Crippen LogP contribution in [0.2, 0.25) is 0 Å². The molecule has 254 valence electrons. The first kappa shape index (κ1) is 33.6. The molecular weight excluding hydrogens is 626 g/mol. The van der Waals surface area contributed by atoms with Crippen LogP contribution in [0.5, 0.6) is 17.2 Å². The van der Waals surface area contributed by atoms with Crippen molar-refractivity contribution < 1.29 is 28.9 Å². The molecule has 0 fully saturated rings. The molecule has 11 heteroatoms. The Kier molecular flexibility index (Phi) is 8.64. The van der Waals surface area contributed by atoms with Crippen molar-refractivity contribution in [2.24, 2.45) is 10.8 Å². The van der Waals surface area contributed by atoms with E-state index in [1.165, 1.54) is 6.07 Å². The normalized spacial score (nSPS) is 18.6. The minimum absolute atomic E-state index is 0.00159. The van der Waals surface area contributed by atoms with Crippen molar-refractivity contribution in [1.82, 2.24) is 4.90 Å². The van der Waals surface area contributed by atoms with Gasteiger partial charge >= 0.3 is 5.69 Å². The molecule has 0 amide bonds. The molecule has 0 atom stereocenters. The fraction of sp³-hybridized carbons (Fsp3) is 0.368. The number of carbonyl (C=O) groups is 2. The Hall–Kier alpha value is -5.32. The van der Waals surface area contributed by atoms with Crippen molar-refractivity contribution >= 4 is 22.9 Å². The second kappa shape index (κ2) is 12.6. The summed E-state index contributed by atoms with van der Waals surface area (Å²) in [7, 11) is 0. The molecule has 0 bridgehead atoms. The number of benzene rings is 3. The number of ketones is 2. The molecular formula is C38H39N3O8. The second-order valence-corrected chi connectivity index (χ2v) is 14.5. The van der Waals surface area contributed by atoms with Crippen molar-refractivity contribution in [3.05, 3.63) is 121 Å². The summed E-state index contributed by atoms with van der Waals surface area (Å²) in [5.41, 5.74) is 3.27. The van der Waals surface area contributed by atoms with Crippen molar-refractivity contribution in [3.8, 4) is 17.2 Å². The van der Waals surface area contributed by atoms with Crippen LogP contribution in [0, 0.1) is 31.1 Å². The molecule has 3 aromatic rings. The molecule has 6 rings (SSSR count). The van der Waals surface area contributed by atoms with Crippen LogP contribution in [-0.4, -0.2) is 32.9 Å². The molecule has 49 heavy (non-hydrogen) atoms. The van der Waals surface area contributed by atoms with Crippen LogP contribution in [0.15, 0.2) is 89.3 Å². The van der Waals surface area contributed by atoms with Gasteiger partial charge in [0, 0.05) is 53.9 Å². The molecule has 2 aliphatic carbocycles. The van der Waals surface area contributed by atoms with Crippen molar-refractivity contribution in [2.45, 2.75) is 72.8 Å². The zero-order valence-corrected chi connectivity index (χ0v) is 28.3. The quantitative estimate of drug-likeness (QED) is 0.162. The maximum atomic E-state index is 14.2. The molecule has 0 unspecified atom stereocenters. The lowest BCUT2D eigenvalue weighted by molar-refractivity contribution is -0.394. The first-order chi connectivity index (χ1) is 23.2. The van der Waals surface area contributed by atoms with Gasteiger partial charge < -0.3 is 14.4 Å². The third-order valence-corrected chi connectivity index (χ3v) is 9.38. The SMILES string of the molecule is CCOc1cc(C2C3=C(CC(C)(C)CC3=O)N(Cc3ccccc3)C3=C2C(=O)CC(C)(C)C3)ccc1Oc1ccc([N+](=O)[O-])cc1[N+](=O)[O-]. The van der Waals surface area contributed by atoms with Gasteiger partial charge in [-0.2, -0.15) is 0 Å². The summed E-state index contributed by atoms with van der Waals surface area (Å²) in [6, 6.07) is 18.3. The van der Waals surface area contributed by atoms with E-state index in [1.54, 1.807) is 25.1 Å². The van der Waals surface area contributed by atoms with Crippen molar-refractivity contribution in [1.29, 1.82) is 0 Å². The lowest BCUT2D eigenvalue weighted by Gasteiger charge is -2.49. The lowest BCUT2D eigenvalue weighted by Crippen LogP contribution is -2.44. The monoisotopic (exact) mass is 665 g/mol. The van der Waals surface area contributed by atoms with Crippen LogP contribution in [0.4, 0.5) is 11.4 Å².